The van der Waals surface area contributed by atoms with Gasteiger partial charge in [0.2, 0.25) is 15.9 Å². The summed E-state index contributed by atoms with van der Waals surface area (Å²) in [6.45, 7) is 3.97. The molecule has 0 bridgehead atoms. The maximum atomic E-state index is 12.1. The third-order valence-electron chi connectivity index (χ3n) is 4.19. The first-order valence-corrected chi connectivity index (χ1v) is 10.6. The SMILES string of the molecule is O=C(CCNS(=O)(=O)c1ccccc1Cl)NCCCN1CCCCC1. The number of likely N-dealkylation sites (tertiary alicyclic amines) is 1. The molecule has 0 spiro atoms. The number of sulfonamides is 1. The first kappa shape index (κ1) is 20.2. The average Bonchev–Trinajstić information content (AvgIpc) is 2.60. The van der Waals surface area contributed by atoms with E-state index in [1.165, 1.54) is 31.4 Å². The van der Waals surface area contributed by atoms with E-state index in [0.29, 0.717) is 6.54 Å². The number of rotatable bonds is 9. The van der Waals surface area contributed by atoms with Crippen molar-refractivity contribution in [3.05, 3.63) is 29.3 Å². The van der Waals surface area contributed by atoms with E-state index >= 15 is 0 Å². The number of halogens is 1. The summed E-state index contributed by atoms with van der Waals surface area (Å²) in [5.74, 6) is -0.152. The molecule has 1 saturated heterocycles. The summed E-state index contributed by atoms with van der Waals surface area (Å²) in [5, 5.41) is 3.00. The third kappa shape index (κ3) is 6.93. The second-order valence-electron chi connectivity index (χ2n) is 6.18. The Hall–Kier alpha value is -1.15. The van der Waals surface area contributed by atoms with Crippen LogP contribution in [0.1, 0.15) is 32.1 Å². The van der Waals surface area contributed by atoms with Gasteiger partial charge in [-0.15, -0.1) is 0 Å². The summed E-state index contributed by atoms with van der Waals surface area (Å²) in [6, 6.07) is 6.23. The maximum absolute atomic E-state index is 12.1. The van der Waals surface area contributed by atoms with E-state index < -0.39 is 10.0 Å². The van der Waals surface area contributed by atoms with Crippen LogP contribution in [0.2, 0.25) is 5.02 Å². The van der Waals surface area contributed by atoms with Crippen LogP contribution in [0.4, 0.5) is 0 Å². The Morgan fingerprint density at radius 3 is 2.56 bits per heavy atom. The fourth-order valence-corrected chi connectivity index (χ4v) is 4.39. The molecule has 8 heteroatoms. The summed E-state index contributed by atoms with van der Waals surface area (Å²) in [4.78, 5) is 14.2. The molecule has 25 heavy (non-hydrogen) atoms. The zero-order valence-corrected chi connectivity index (χ0v) is 15.9. The summed E-state index contributed by atoms with van der Waals surface area (Å²) in [6.07, 6.45) is 4.86. The average molecular weight is 388 g/mol. The molecular formula is C17H26ClN3O3S. The predicted molar refractivity (Wildman–Crippen MR) is 99.2 cm³/mol. The molecule has 0 saturated carbocycles. The van der Waals surface area contributed by atoms with Gasteiger partial charge < -0.3 is 10.2 Å². The van der Waals surface area contributed by atoms with E-state index in [2.05, 4.69) is 14.9 Å². The summed E-state index contributed by atoms with van der Waals surface area (Å²) >= 11 is 5.90. The van der Waals surface area contributed by atoms with Gasteiger partial charge in [-0.3, -0.25) is 4.79 Å². The second kappa shape index (κ2) is 10.1. The molecule has 0 aromatic heterocycles. The van der Waals surface area contributed by atoms with Crippen molar-refractivity contribution in [3.63, 3.8) is 0 Å². The Morgan fingerprint density at radius 2 is 1.84 bits per heavy atom. The number of benzene rings is 1. The maximum Gasteiger partial charge on any atom is 0.242 e. The van der Waals surface area contributed by atoms with E-state index in [0.717, 1.165) is 26.1 Å². The molecule has 1 aliphatic heterocycles. The van der Waals surface area contributed by atoms with Crippen LogP contribution in [0.15, 0.2) is 29.2 Å². The largest absolute Gasteiger partial charge is 0.356 e. The fraction of sp³-hybridized carbons (Fsp3) is 0.588. The summed E-state index contributed by atoms with van der Waals surface area (Å²) in [7, 11) is -3.69. The highest BCUT2D eigenvalue weighted by atomic mass is 35.5. The second-order valence-corrected chi connectivity index (χ2v) is 8.33. The van der Waals surface area contributed by atoms with Gasteiger partial charge in [0.25, 0.3) is 0 Å². The minimum absolute atomic E-state index is 0.0265. The van der Waals surface area contributed by atoms with E-state index in [9.17, 15) is 13.2 Å². The molecule has 1 heterocycles. The molecule has 6 nitrogen and oxygen atoms in total. The van der Waals surface area contributed by atoms with Gasteiger partial charge in [0.05, 0.1) is 5.02 Å². The number of piperidine rings is 1. The highest BCUT2D eigenvalue weighted by Gasteiger charge is 2.17. The quantitative estimate of drug-likeness (QED) is 0.635. The Morgan fingerprint density at radius 1 is 1.12 bits per heavy atom. The molecule has 1 fully saturated rings. The number of hydrogen-bond acceptors (Lipinski definition) is 4. The van der Waals surface area contributed by atoms with Gasteiger partial charge in [-0.25, -0.2) is 13.1 Å². The zero-order chi connectivity index (χ0) is 18.1. The first-order valence-electron chi connectivity index (χ1n) is 8.72. The fourth-order valence-electron chi connectivity index (χ4n) is 2.84. The molecule has 0 radical (unpaired) electrons. The van der Waals surface area contributed by atoms with Crippen molar-refractivity contribution in [3.8, 4) is 0 Å². The molecule has 140 valence electrons. The van der Waals surface area contributed by atoms with Crippen molar-refractivity contribution in [1.82, 2.24) is 14.9 Å². The molecular weight excluding hydrogens is 362 g/mol. The van der Waals surface area contributed by atoms with Gasteiger partial charge in [0.15, 0.2) is 0 Å². The summed E-state index contributed by atoms with van der Waals surface area (Å²) in [5.41, 5.74) is 0. The van der Waals surface area contributed by atoms with Crippen molar-refractivity contribution in [2.75, 3.05) is 32.7 Å². The molecule has 2 N–H and O–H groups in total. The standard InChI is InChI=1S/C17H26ClN3O3S/c18-15-7-2-3-8-16(15)25(23,24)20-11-9-17(22)19-10-6-14-21-12-4-1-5-13-21/h2-3,7-8,20H,1,4-6,9-14H2,(H,19,22). The Balaban J connectivity index is 1.62. The van der Waals surface area contributed by atoms with Gasteiger partial charge in [0.1, 0.15) is 4.90 Å². The lowest BCUT2D eigenvalue weighted by atomic mass is 10.1. The van der Waals surface area contributed by atoms with Crippen molar-refractivity contribution in [1.29, 1.82) is 0 Å². The van der Waals surface area contributed by atoms with Crippen LogP contribution in [-0.2, 0) is 14.8 Å². The van der Waals surface area contributed by atoms with Crippen LogP contribution in [0, 0.1) is 0 Å². The Labute approximate surface area is 155 Å². The number of carbonyl (C=O) groups excluding carboxylic acids is 1. The molecule has 1 aromatic rings. The molecule has 0 aliphatic carbocycles. The Kier molecular flexibility index (Phi) is 8.15. The molecule has 1 aromatic carbocycles. The van der Waals surface area contributed by atoms with E-state index in [1.807, 2.05) is 0 Å². The molecule has 1 amide bonds. The minimum Gasteiger partial charge on any atom is -0.356 e. The minimum atomic E-state index is -3.69. The van der Waals surface area contributed by atoms with E-state index in [1.54, 1.807) is 12.1 Å². The van der Waals surface area contributed by atoms with Crippen molar-refractivity contribution in [2.24, 2.45) is 0 Å². The molecule has 2 rings (SSSR count). The third-order valence-corrected chi connectivity index (χ3v) is 6.15. The van der Waals surface area contributed by atoms with Crippen LogP contribution in [-0.4, -0.2) is 51.9 Å². The lowest BCUT2D eigenvalue weighted by Crippen LogP contribution is -2.34. The number of nitrogens with zero attached hydrogens (tertiary/aromatic N) is 1. The lowest BCUT2D eigenvalue weighted by molar-refractivity contribution is -0.120. The van der Waals surface area contributed by atoms with Crippen LogP contribution >= 0.6 is 11.6 Å². The lowest BCUT2D eigenvalue weighted by Gasteiger charge is -2.26. The smallest absolute Gasteiger partial charge is 0.242 e. The van der Waals surface area contributed by atoms with Crippen molar-refractivity contribution < 1.29 is 13.2 Å². The number of amides is 1. The number of nitrogens with one attached hydrogen (secondary N) is 2. The van der Waals surface area contributed by atoms with Gasteiger partial charge in [-0.2, -0.15) is 0 Å². The van der Waals surface area contributed by atoms with Gasteiger partial charge in [-0.1, -0.05) is 30.2 Å². The highest BCUT2D eigenvalue weighted by molar-refractivity contribution is 7.89. The van der Waals surface area contributed by atoms with E-state index in [4.69, 9.17) is 11.6 Å². The van der Waals surface area contributed by atoms with Crippen LogP contribution < -0.4 is 10.0 Å². The van der Waals surface area contributed by atoms with Crippen LogP contribution in [0.5, 0.6) is 0 Å². The summed E-state index contributed by atoms with van der Waals surface area (Å²) < 4.78 is 26.7. The van der Waals surface area contributed by atoms with Crippen LogP contribution in [0.3, 0.4) is 0 Å². The molecule has 1 aliphatic rings. The molecule has 0 unspecified atom stereocenters. The van der Waals surface area contributed by atoms with Crippen molar-refractivity contribution >= 4 is 27.5 Å². The van der Waals surface area contributed by atoms with E-state index in [-0.39, 0.29) is 28.8 Å². The number of carbonyl (C=O) groups is 1. The first-order chi connectivity index (χ1) is 12.0. The molecule has 0 atom stereocenters. The van der Waals surface area contributed by atoms with Gasteiger partial charge in [-0.05, 0) is 51.0 Å². The normalized spacial score (nSPS) is 15.9. The van der Waals surface area contributed by atoms with Crippen LogP contribution in [0.25, 0.3) is 0 Å². The van der Waals surface area contributed by atoms with Crippen molar-refractivity contribution in [2.45, 2.75) is 37.0 Å². The van der Waals surface area contributed by atoms with Gasteiger partial charge in [0, 0.05) is 19.5 Å². The zero-order valence-electron chi connectivity index (χ0n) is 14.3. The Bertz CT molecular complexity index is 661. The predicted octanol–water partition coefficient (Wildman–Crippen LogP) is 2.00. The number of hydrogen-bond donors (Lipinski definition) is 2. The van der Waals surface area contributed by atoms with Gasteiger partial charge >= 0.3 is 0 Å². The monoisotopic (exact) mass is 387 g/mol. The topological polar surface area (TPSA) is 78.5 Å². The highest BCUT2D eigenvalue weighted by Crippen LogP contribution is 2.19.